The Morgan fingerprint density at radius 2 is 2.19 bits per heavy atom. The minimum absolute atomic E-state index is 0. The molecule has 1 aliphatic rings. The van der Waals surface area contributed by atoms with Crippen LogP contribution >= 0.6 is 39.9 Å². The average molecular weight is 539 g/mol. The molecule has 0 bridgehead atoms. The van der Waals surface area contributed by atoms with Gasteiger partial charge < -0.3 is 20.3 Å². The van der Waals surface area contributed by atoms with Crippen LogP contribution in [0.3, 0.4) is 0 Å². The summed E-state index contributed by atoms with van der Waals surface area (Å²) in [6, 6.07) is 8.04. The van der Waals surface area contributed by atoms with Crippen LogP contribution in [0.2, 0.25) is 0 Å². The lowest BCUT2D eigenvalue weighted by atomic mass is 10.3. The van der Waals surface area contributed by atoms with E-state index in [1.54, 1.807) is 7.05 Å². The van der Waals surface area contributed by atoms with E-state index in [1.807, 2.05) is 43.0 Å². The van der Waals surface area contributed by atoms with Crippen molar-refractivity contribution in [2.24, 2.45) is 4.99 Å². The van der Waals surface area contributed by atoms with Gasteiger partial charge in [-0.1, -0.05) is 19.1 Å². The van der Waals surface area contributed by atoms with E-state index in [9.17, 15) is 4.79 Å². The second-order valence-corrected chi connectivity index (χ2v) is 6.99. The fourth-order valence-corrected chi connectivity index (χ4v) is 3.13. The molecular formula is C18H28BrIN4O2. The van der Waals surface area contributed by atoms with Crippen LogP contribution in [-0.4, -0.2) is 55.6 Å². The maximum Gasteiger partial charge on any atom is 0.222 e. The first kappa shape index (κ1) is 23.0. The van der Waals surface area contributed by atoms with Crippen LogP contribution in [0, 0.1) is 0 Å². The summed E-state index contributed by atoms with van der Waals surface area (Å²) in [4.78, 5) is 17.9. The molecule has 0 saturated carbocycles. The van der Waals surface area contributed by atoms with Crippen molar-refractivity contribution in [3.05, 3.63) is 28.7 Å². The molecule has 1 fully saturated rings. The highest BCUT2D eigenvalue weighted by molar-refractivity contribution is 14.0. The summed E-state index contributed by atoms with van der Waals surface area (Å²) >= 11 is 3.49. The minimum atomic E-state index is -0.0148. The number of ether oxygens (including phenoxy) is 1. The Labute approximate surface area is 181 Å². The van der Waals surface area contributed by atoms with E-state index in [0.29, 0.717) is 13.0 Å². The summed E-state index contributed by atoms with van der Waals surface area (Å²) in [7, 11) is 1.75. The molecular weight excluding hydrogens is 511 g/mol. The Balaban J connectivity index is 0.00000338. The number of hydrogen-bond acceptors (Lipinski definition) is 3. The highest BCUT2D eigenvalue weighted by Crippen LogP contribution is 2.24. The second-order valence-electron chi connectivity index (χ2n) is 6.14. The number of amides is 1. The summed E-state index contributed by atoms with van der Waals surface area (Å²) in [5.41, 5.74) is 0. The molecule has 1 aromatic carbocycles. The van der Waals surface area contributed by atoms with Gasteiger partial charge in [0.05, 0.1) is 11.0 Å². The number of carbonyl (C=O) groups is 1. The third-order valence-corrected chi connectivity index (χ3v) is 4.78. The van der Waals surface area contributed by atoms with Crippen molar-refractivity contribution in [3.63, 3.8) is 0 Å². The van der Waals surface area contributed by atoms with Gasteiger partial charge in [0.25, 0.3) is 0 Å². The van der Waals surface area contributed by atoms with E-state index in [2.05, 4.69) is 31.6 Å². The van der Waals surface area contributed by atoms with Gasteiger partial charge >= 0.3 is 0 Å². The largest absolute Gasteiger partial charge is 0.488 e. The molecule has 1 aromatic rings. The van der Waals surface area contributed by atoms with Crippen LogP contribution in [0.15, 0.2) is 33.7 Å². The second kappa shape index (κ2) is 11.6. The first-order valence-corrected chi connectivity index (χ1v) is 9.49. The Morgan fingerprint density at radius 1 is 1.46 bits per heavy atom. The number of rotatable bonds is 6. The molecule has 2 N–H and O–H groups in total. The molecule has 2 unspecified atom stereocenters. The summed E-state index contributed by atoms with van der Waals surface area (Å²) in [6.07, 6.45) is 1.48. The first-order valence-electron chi connectivity index (χ1n) is 8.69. The van der Waals surface area contributed by atoms with Crippen LogP contribution in [0.25, 0.3) is 0 Å². The average Bonchev–Trinajstić information content (AvgIpc) is 3.08. The summed E-state index contributed by atoms with van der Waals surface area (Å²) in [5.74, 6) is 1.77. The Morgan fingerprint density at radius 3 is 2.85 bits per heavy atom. The van der Waals surface area contributed by atoms with Crippen LogP contribution < -0.4 is 15.4 Å². The Hall–Kier alpha value is -1.03. The molecule has 1 amide bonds. The van der Waals surface area contributed by atoms with E-state index in [0.717, 1.165) is 35.7 Å². The summed E-state index contributed by atoms with van der Waals surface area (Å²) in [5, 5.41) is 6.67. The number of likely N-dealkylation sites (tertiary alicyclic amines) is 1. The molecule has 146 valence electrons. The van der Waals surface area contributed by atoms with Crippen LogP contribution in [0.4, 0.5) is 0 Å². The molecule has 0 radical (unpaired) electrons. The van der Waals surface area contributed by atoms with Gasteiger partial charge in [-0.05, 0) is 41.4 Å². The zero-order valence-corrected chi connectivity index (χ0v) is 19.4. The number of benzene rings is 1. The monoisotopic (exact) mass is 538 g/mol. The fraction of sp³-hybridized carbons (Fsp3) is 0.556. The van der Waals surface area contributed by atoms with Gasteiger partial charge in [0.1, 0.15) is 11.9 Å². The van der Waals surface area contributed by atoms with E-state index >= 15 is 0 Å². The smallest absolute Gasteiger partial charge is 0.222 e. The van der Waals surface area contributed by atoms with Crippen LogP contribution in [0.5, 0.6) is 5.75 Å². The maximum atomic E-state index is 11.8. The number of halogens is 2. The number of para-hydroxylation sites is 1. The molecule has 26 heavy (non-hydrogen) atoms. The highest BCUT2D eigenvalue weighted by atomic mass is 127. The fourth-order valence-electron chi connectivity index (χ4n) is 2.76. The normalized spacial score (nSPS) is 18.1. The molecule has 0 aromatic heterocycles. The van der Waals surface area contributed by atoms with Crippen LogP contribution in [0.1, 0.15) is 26.7 Å². The number of nitrogens with zero attached hydrogens (tertiary/aromatic N) is 2. The van der Waals surface area contributed by atoms with Crippen LogP contribution in [-0.2, 0) is 4.79 Å². The number of hydrogen-bond donors (Lipinski definition) is 2. The number of guanidine groups is 1. The molecule has 6 nitrogen and oxygen atoms in total. The van der Waals surface area contributed by atoms with Gasteiger partial charge in [0.2, 0.25) is 5.91 Å². The standard InChI is InChI=1S/C18H27BrN4O2.HI/c1-4-17(24)23-10-9-14(12-23)22-18(20-3)21-11-13(2)25-16-8-6-5-7-15(16)19;/h5-8,13-14H,4,9-12H2,1-3H3,(H2,20,21,22);1H. The zero-order valence-electron chi connectivity index (χ0n) is 15.5. The lowest BCUT2D eigenvalue weighted by Crippen LogP contribution is -2.47. The van der Waals surface area contributed by atoms with E-state index in [-0.39, 0.29) is 42.0 Å². The third-order valence-electron chi connectivity index (χ3n) is 4.13. The molecule has 0 spiro atoms. The third kappa shape index (κ3) is 6.94. The van der Waals surface area contributed by atoms with Gasteiger partial charge in [0, 0.05) is 32.6 Å². The quantitative estimate of drug-likeness (QED) is 0.332. The summed E-state index contributed by atoms with van der Waals surface area (Å²) < 4.78 is 6.87. The molecule has 0 aliphatic carbocycles. The van der Waals surface area contributed by atoms with Gasteiger partial charge in [-0.3, -0.25) is 9.79 Å². The van der Waals surface area contributed by atoms with E-state index < -0.39 is 0 Å². The Bertz CT molecular complexity index is 615. The molecule has 8 heteroatoms. The topological polar surface area (TPSA) is 66.0 Å². The van der Waals surface area contributed by atoms with Gasteiger partial charge in [0.15, 0.2) is 5.96 Å². The zero-order chi connectivity index (χ0) is 18.2. The molecule has 1 heterocycles. The lowest BCUT2D eigenvalue weighted by Gasteiger charge is -2.21. The number of nitrogens with one attached hydrogen (secondary N) is 2. The number of aliphatic imine (C=N–C) groups is 1. The number of carbonyl (C=O) groups excluding carboxylic acids is 1. The predicted octanol–water partition coefficient (Wildman–Crippen LogP) is 3.01. The van der Waals surface area contributed by atoms with Gasteiger partial charge in [-0.2, -0.15) is 0 Å². The van der Waals surface area contributed by atoms with Gasteiger partial charge in [-0.25, -0.2) is 0 Å². The lowest BCUT2D eigenvalue weighted by molar-refractivity contribution is -0.129. The van der Waals surface area contributed by atoms with Crippen molar-refractivity contribution in [2.75, 3.05) is 26.7 Å². The maximum absolute atomic E-state index is 11.8. The van der Waals surface area contributed by atoms with Crippen molar-refractivity contribution in [3.8, 4) is 5.75 Å². The van der Waals surface area contributed by atoms with Crippen molar-refractivity contribution in [1.82, 2.24) is 15.5 Å². The molecule has 1 saturated heterocycles. The van der Waals surface area contributed by atoms with Crippen molar-refractivity contribution < 1.29 is 9.53 Å². The molecule has 2 rings (SSSR count). The molecule has 2 atom stereocenters. The Kier molecular flexibility index (Phi) is 10.3. The first-order chi connectivity index (χ1) is 12.0. The van der Waals surface area contributed by atoms with Gasteiger partial charge in [-0.15, -0.1) is 24.0 Å². The minimum Gasteiger partial charge on any atom is -0.488 e. The molecule has 1 aliphatic heterocycles. The van der Waals surface area contributed by atoms with Crippen molar-refractivity contribution in [1.29, 1.82) is 0 Å². The van der Waals surface area contributed by atoms with Crippen molar-refractivity contribution >= 4 is 51.8 Å². The van der Waals surface area contributed by atoms with E-state index in [4.69, 9.17) is 4.74 Å². The predicted molar refractivity (Wildman–Crippen MR) is 119 cm³/mol. The SMILES string of the molecule is CCC(=O)N1CCC(NC(=NC)NCC(C)Oc2ccccc2Br)C1.I. The summed E-state index contributed by atoms with van der Waals surface area (Å²) in [6.45, 7) is 6.08. The van der Waals surface area contributed by atoms with E-state index in [1.165, 1.54) is 0 Å². The highest BCUT2D eigenvalue weighted by Gasteiger charge is 2.25. The van der Waals surface area contributed by atoms with Crippen molar-refractivity contribution in [2.45, 2.75) is 38.8 Å².